The van der Waals surface area contributed by atoms with Gasteiger partial charge in [-0.2, -0.15) is 14.9 Å². The van der Waals surface area contributed by atoms with Gasteiger partial charge < -0.3 is 4.98 Å². The Morgan fingerprint density at radius 2 is 2.00 bits per heavy atom. The Hall–Kier alpha value is -2.54. The van der Waals surface area contributed by atoms with Gasteiger partial charge in [0.15, 0.2) is 0 Å². The average molecular weight is 341 g/mol. The van der Waals surface area contributed by atoms with Gasteiger partial charge in [0.25, 0.3) is 5.56 Å². The number of para-hydroxylation sites is 1. The smallest absolute Gasteiger partial charge is 0.297 e. The monoisotopic (exact) mass is 341 g/mol. The molecule has 2 aromatic heterocycles. The third-order valence-electron chi connectivity index (χ3n) is 3.81. The van der Waals surface area contributed by atoms with E-state index in [-0.39, 0.29) is 10.3 Å². The summed E-state index contributed by atoms with van der Waals surface area (Å²) < 4.78 is 1.35. The van der Waals surface area contributed by atoms with Crippen molar-refractivity contribution in [2.75, 3.05) is 0 Å². The maximum Gasteiger partial charge on any atom is 0.297 e. The highest BCUT2D eigenvalue weighted by molar-refractivity contribution is 7.71. The topological polar surface area (TPSA) is 78.8 Å². The molecule has 0 radical (unpaired) electrons. The lowest BCUT2D eigenvalue weighted by Crippen LogP contribution is -2.32. The first kappa shape index (κ1) is 16.3. The van der Waals surface area contributed by atoms with Gasteiger partial charge in [-0.1, -0.05) is 39.0 Å². The third-order valence-corrected chi connectivity index (χ3v) is 4.07. The van der Waals surface area contributed by atoms with Gasteiger partial charge in [0.1, 0.15) is 5.69 Å². The lowest BCUT2D eigenvalue weighted by Gasteiger charge is -2.16. The number of fused-ring (bicyclic) bond motifs is 1. The number of hydrogen-bond acceptors (Lipinski definition) is 4. The molecule has 124 valence electrons. The number of nitrogens with zero attached hydrogens (tertiary/aromatic N) is 3. The van der Waals surface area contributed by atoms with Crippen molar-refractivity contribution in [2.45, 2.75) is 33.1 Å². The van der Waals surface area contributed by atoms with Crippen LogP contribution in [0, 0.1) is 11.7 Å². The van der Waals surface area contributed by atoms with E-state index in [0.717, 1.165) is 22.2 Å². The Balaban J connectivity index is 2.14. The Morgan fingerprint density at radius 3 is 2.71 bits per heavy atom. The second-order valence-electron chi connectivity index (χ2n) is 6.70. The van der Waals surface area contributed by atoms with Crippen LogP contribution in [0.15, 0.2) is 34.2 Å². The normalized spacial score (nSPS) is 12.3. The Morgan fingerprint density at radius 1 is 1.29 bits per heavy atom. The molecule has 0 fully saturated rings. The van der Waals surface area contributed by atoms with Crippen molar-refractivity contribution in [2.24, 2.45) is 5.10 Å². The molecule has 2 heterocycles. The summed E-state index contributed by atoms with van der Waals surface area (Å²) in [6.45, 7) is 7.74. The Labute approximate surface area is 144 Å². The molecule has 0 saturated carbocycles. The van der Waals surface area contributed by atoms with Crippen molar-refractivity contribution in [3.63, 3.8) is 0 Å². The van der Waals surface area contributed by atoms with E-state index >= 15 is 0 Å². The van der Waals surface area contributed by atoms with E-state index in [0.29, 0.717) is 5.69 Å². The maximum atomic E-state index is 12.6. The summed E-state index contributed by atoms with van der Waals surface area (Å²) in [6, 6.07) is 7.95. The molecular weight excluding hydrogens is 322 g/mol. The zero-order chi connectivity index (χ0) is 17.5. The third kappa shape index (κ3) is 2.82. The number of aromatic amines is 2. The first-order valence-corrected chi connectivity index (χ1v) is 8.04. The molecule has 0 bridgehead atoms. The molecule has 0 aliphatic carbocycles. The van der Waals surface area contributed by atoms with Crippen LogP contribution in [-0.4, -0.2) is 26.1 Å². The van der Waals surface area contributed by atoms with Crippen molar-refractivity contribution < 1.29 is 0 Å². The molecule has 3 aromatic rings. The van der Waals surface area contributed by atoms with Crippen LogP contribution >= 0.6 is 12.2 Å². The van der Waals surface area contributed by atoms with Gasteiger partial charge in [-0.25, -0.2) is 0 Å². The number of hydrogen-bond donors (Lipinski definition) is 2. The lowest BCUT2D eigenvalue weighted by molar-refractivity contribution is 0.529. The summed E-state index contributed by atoms with van der Waals surface area (Å²) in [5, 5.41) is 12.1. The Kier molecular flexibility index (Phi) is 3.96. The van der Waals surface area contributed by atoms with Crippen LogP contribution in [0.3, 0.4) is 0 Å². The van der Waals surface area contributed by atoms with E-state index in [4.69, 9.17) is 12.2 Å². The molecule has 0 aliphatic heterocycles. The van der Waals surface area contributed by atoms with Crippen LogP contribution in [0.25, 0.3) is 10.9 Å². The Bertz CT molecular complexity index is 1050. The molecule has 24 heavy (non-hydrogen) atoms. The SMILES string of the molecule is Cc1[nH]c2ccccc2c1/C=N\n1c(=S)[nH]nc(C(C)(C)C)c1=O. The average Bonchev–Trinajstić information content (AvgIpc) is 2.81. The molecule has 0 atom stereocenters. The van der Waals surface area contributed by atoms with Gasteiger partial charge in [0.05, 0.1) is 6.21 Å². The molecule has 0 aliphatic rings. The summed E-state index contributed by atoms with van der Waals surface area (Å²) in [5.41, 5.74) is 2.63. The molecular formula is C17H19N5OS. The molecule has 6 nitrogen and oxygen atoms in total. The number of nitrogens with one attached hydrogen (secondary N) is 2. The largest absolute Gasteiger partial charge is 0.358 e. The van der Waals surface area contributed by atoms with Crippen molar-refractivity contribution in [1.29, 1.82) is 0 Å². The lowest BCUT2D eigenvalue weighted by atomic mass is 9.93. The van der Waals surface area contributed by atoms with E-state index in [9.17, 15) is 4.79 Å². The van der Waals surface area contributed by atoms with Crippen molar-refractivity contribution in [3.8, 4) is 0 Å². The molecule has 0 saturated heterocycles. The fourth-order valence-electron chi connectivity index (χ4n) is 2.56. The number of aromatic nitrogens is 4. The van der Waals surface area contributed by atoms with Gasteiger partial charge in [-0.3, -0.25) is 9.89 Å². The van der Waals surface area contributed by atoms with Gasteiger partial charge in [-0.15, -0.1) is 0 Å². The van der Waals surface area contributed by atoms with Crippen LogP contribution in [0.2, 0.25) is 0 Å². The highest BCUT2D eigenvalue weighted by Gasteiger charge is 2.21. The minimum absolute atomic E-state index is 0.168. The molecule has 7 heteroatoms. The second-order valence-corrected chi connectivity index (χ2v) is 7.08. The summed E-state index contributed by atoms with van der Waals surface area (Å²) in [6.07, 6.45) is 1.66. The first-order chi connectivity index (χ1) is 11.3. The number of benzene rings is 1. The summed E-state index contributed by atoms with van der Waals surface area (Å²) >= 11 is 5.17. The first-order valence-electron chi connectivity index (χ1n) is 7.63. The number of H-pyrrole nitrogens is 2. The highest BCUT2D eigenvalue weighted by Crippen LogP contribution is 2.20. The summed E-state index contributed by atoms with van der Waals surface area (Å²) in [4.78, 5) is 15.9. The molecule has 2 N–H and O–H groups in total. The van der Waals surface area contributed by atoms with Gasteiger partial charge in [0, 0.05) is 27.6 Å². The zero-order valence-electron chi connectivity index (χ0n) is 14.0. The van der Waals surface area contributed by atoms with E-state index in [2.05, 4.69) is 20.3 Å². The van der Waals surface area contributed by atoms with Crippen LogP contribution in [0.5, 0.6) is 0 Å². The second kappa shape index (κ2) is 5.83. The quantitative estimate of drug-likeness (QED) is 0.554. The summed E-state index contributed by atoms with van der Waals surface area (Å²) in [7, 11) is 0. The van der Waals surface area contributed by atoms with Crippen molar-refractivity contribution >= 4 is 29.3 Å². The fourth-order valence-corrected chi connectivity index (χ4v) is 2.74. The van der Waals surface area contributed by atoms with E-state index in [1.165, 1.54) is 4.68 Å². The standard InChI is InChI=1S/C17H19N5OS/c1-10-12(11-7-5-6-8-13(11)19-10)9-18-22-15(23)14(17(2,3)4)20-21-16(22)24/h5-9,19H,1-4H3,(H,21,24)/b18-9-. The van der Waals surface area contributed by atoms with Crippen LogP contribution in [0.4, 0.5) is 0 Å². The van der Waals surface area contributed by atoms with Gasteiger partial charge >= 0.3 is 0 Å². The predicted molar refractivity (Wildman–Crippen MR) is 98.4 cm³/mol. The molecule has 1 aromatic carbocycles. The van der Waals surface area contributed by atoms with Crippen LogP contribution < -0.4 is 5.56 Å². The molecule has 3 rings (SSSR count). The minimum atomic E-state index is -0.398. The molecule has 0 amide bonds. The van der Waals surface area contributed by atoms with E-state index < -0.39 is 5.41 Å². The van der Waals surface area contributed by atoms with Crippen LogP contribution in [0.1, 0.15) is 37.7 Å². The van der Waals surface area contributed by atoms with Crippen LogP contribution in [-0.2, 0) is 5.41 Å². The van der Waals surface area contributed by atoms with Crippen molar-refractivity contribution in [3.05, 3.63) is 56.3 Å². The zero-order valence-corrected chi connectivity index (χ0v) is 14.9. The minimum Gasteiger partial charge on any atom is -0.358 e. The van der Waals surface area contributed by atoms with E-state index in [1.807, 2.05) is 52.0 Å². The van der Waals surface area contributed by atoms with Gasteiger partial charge in [-0.05, 0) is 25.2 Å². The van der Waals surface area contributed by atoms with Gasteiger partial charge in [0.2, 0.25) is 4.77 Å². The predicted octanol–water partition coefficient (Wildman–Crippen LogP) is 3.27. The fraction of sp³-hybridized carbons (Fsp3) is 0.294. The molecule has 0 spiro atoms. The maximum absolute atomic E-state index is 12.6. The van der Waals surface area contributed by atoms with E-state index in [1.54, 1.807) is 6.21 Å². The molecule has 0 unspecified atom stereocenters. The van der Waals surface area contributed by atoms with Crippen molar-refractivity contribution in [1.82, 2.24) is 19.9 Å². The number of aryl methyl sites for hydroxylation is 1. The highest BCUT2D eigenvalue weighted by atomic mass is 32.1. The number of rotatable bonds is 2. The summed E-state index contributed by atoms with van der Waals surface area (Å²) in [5.74, 6) is 0.